The summed E-state index contributed by atoms with van der Waals surface area (Å²) < 4.78 is 5.59. The van der Waals surface area contributed by atoms with Gasteiger partial charge in [-0.1, -0.05) is 13.3 Å². The predicted octanol–water partition coefficient (Wildman–Crippen LogP) is 4.48. The van der Waals surface area contributed by atoms with Crippen LogP contribution in [0, 0.1) is 6.92 Å². The number of urea groups is 1. The quantitative estimate of drug-likeness (QED) is 0.520. The molecule has 1 aromatic carbocycles. The van der Waals surface area contributed by atoms with Crippen molar-refractivity contribution in [1.82, 2.24) is 20.2 Å². The third-order valence-corrected chi connectivity index (χ3v) is 6.71. The van der Waals surface area contributed by atoms with Gasteiger partial charge in [0.05, 0.1) is 18.9 Å². The number of morpholine rings is 1. The van der Waals surface area contributed by atoms with Crippen LogP contribution in [-0.2, 0) is 11.2 Å². The normalized spacial score (nSPS) is 14.9. The van der Waals surface area contributed by atoms with Crippen molar-refractivity contribution in [2.45, 2.75) is 66.0 Å². The molecule has 2 N–H and O–H groups in total. The van der Waals surface area contributed by atoms with Crippen molar-refractivity contribution in [3.63, 3.8) is 0 Å². The van der Waals surface area contributed by atoms with E-state index in [9.17, 15) is 4.79 Å². The van der Waals surface area contributed by atoms with E-state index in [0.717, 1.165) is 66.5 Å². The van der Waals surface area contributed by atoms with Gasteiger partial charge >= 0.3 is 6.03 Å². The molecule has 8 nitrogen and oxygen atoms in total. The molecule has 0 spiro atoms. The number of anilines is 2. The van der Waals surface area contributed by atoms with E-state index in [1.807, 2.05) is 31.2 Å². The molecule has 8 heteroatoms. The molecule has 2 aromatic rings. The summed E-state index contributed by atoms with van der Waals surface area (Å²) in [6.45, 7) is 14.5. The molecule has 192 valence electrons. The van der Waals surface area contributed by atoms with Crippen LogP contribution in [0.3, 0.4) is 0 Å². The van der Waals surface area contributed by atoms with Gasteiger partial charge in [0.1, 0.15) is 5.82 Å². The second kappa shape index (κ2) is 12.8. The van der Waals surface area contributed by atoms with Crippen molar-refractivity contribution in [1.29, 1.82) is 0 Å². The molecule has 1 aliphatic rings. The predicted molar refractivity (Wildman–Crippen MR) is 143 cm³/mol. The molecule has 0 radical (unpaired) electrons. The molecule has 2 amide bonds. The first-order chi connectivity index (χ1) is 16.8. The van der Waals surface area contributed by atoms with E-state index in [4.69, 9.17) is 14.7 Å². The molecule has 3 rings (SSSR count). The van der Waals surface area contributed by atoms with Crippen molar-refractivity contribution < 1.29 is 9.53 Å². The van der Waals surface area contributed by atoms with Crippen molar-refractivity contribution in [3.05, 3.63) is 35.5 Å². The fourth-order valence-electron chi connectivity index (χ4n) is 4.43. The number of carbonyl (C=O) groups is 1. The molecule has 2 heterocycles. The van der Waals surface area contributed by atoms with E-state index in [1.165, 1.54) is 0 Å². The molecule has 0 saturated carbocycles. The number of likely N-dealkylation sites (N-methyl/N-ethyl adjacent to an activating group) is 1. The Morgan fingerprint density at radius 1 is 1.14 bits per heavy atom. The summed E-state index contributed by atoms with van der Waals surface area (Å²) in [6, 6.07) is 8.42. The molecule has 1 fully saturated rings. The molecule has 35 heavy (non-hydrogen) atoms. The second-order valence-electron chi connectivity index (χ2n) is 9.51. The lowest BCUT2D eigenvalue weighted by molar-refractivity contribution is 0.122. The summed E-state index contributed by atoms with van der Waals surface area (Å²) in [4.78, 5) is 26.8. The Bertz CT molecular complexity index is 957. The van der Waals surface area contributed by atoms with Crippen LogP contribution in [0.4, 0.5) is 16.3 Å². The minimum Gasteiger partial charge on any atom is -0.378 e. The summed E-state index contributed by atoms with van der Waals surface area (Å²) in [5.41, 5.74) is 3.93. The number of benzene rings is 1. The average Bonchev–Trinajstić information content (AvgIpc) is 2.85. The maximum absolute atomic E-state index is 11.9. The standard InChI is InChI=1S/C27H42N6O2/c1-7-9-23(32(6)19(3)4)18-24-20(5)26(33-14-16-35-17-15-33)31-25(30-24)21-10-12-22(13-11-21)29-27(34)28-8-2/h10-13,19,23H,7-9,14-18H2,1-6H3,(H2,28,29,34). The van der Waals surface area contributed by atoms with E-state index in [1.54, 1.807) is 0 Å². The van der Waals surface area contributed by atoms with Crippen LogP contribution < -0.4 is 15.5 Å². The van der Waals surface area contributed by atoms with Gasteiger partial charge in [0.2, 0.25) is 0 Å². The first-order valence-electron chi connectivity index (χ1n) is 12.9. The van der Waals surface area contributed by atoms with Crippen LogP contribution in [0.15, 0.2) is 24.3 Å². The molecule has 0 aliphatic carbocycles. The number of hydrogen-bond donors (Lipinski definition) is 2. The molecule has 1 aliphatic heterocycles. The number of nitrogens with zero attached hydrogens (tertiary/aromatic N) is 4. The van der Waals surface area contributed by atoms with Crippen LogP contribution in [0.5, 0.6) is 0 Å². The van der Waals surface area contributed by atoms with Gasteiger partial charge in [0, 0.05) is 55.0 Å². The van der Waals surface area contributed by atoms with E-state index in [0.29, 0.717) is 31.8 Å². The van der Waals surface area contributed by atoms with E-state index < -0.39 is 0 Å². The number of aromatic nitrogens is 2. The van der Waals surface area contributed by atoms with Gasteiger partial charge in [-0.3, -0.25) is 0 Å². The Balaban J connectivity index is 1.97. The Hall–Kier alpha value is -2.71. The third-order valence-electron chi connectivity index (χ3n) is 6.71. The van der Waals surface area contributed by atoms with Crippen molar-refractivity contribution in [2.24, 2.45) is 0 Å². The van der Waals surface area contributed by atoms with Crippen LogP contribution in [0.2, 0.25) is 0 Å². The molecule has 0 bridgehead atoms. The maximum Gasteiger partial charge on any atom is 0.319 e. The number of hydrogen-bond acceptors (Lipinski definition) is 6. The zero-order valence-electron chi connectivity index (χ0n) is 22.2. The van der Waals surface area contributed by atoms with Gasteiger partial charge < -0.3 is 25.2 Å². The highest BCUT2D eigenvalue weighted by Gasteiger charge is 2.23. The average molecular weight is 483 g/mol. The van der Waals surface area contributed by atoms with Crippen LogP contribution >= 0.6 is 0 Å². The Morgan fingerprint density at radius 2 is 1.83 bits per heavy atom. The smallest absolute Gasteiger partial charge is 0.319 e. The highest BCUT2D eigenvalue weighted by molar-refractivity contribution is 5.89. The molecular weight excluding hydrogens is 440 g/mol. The molecule has 1 unspecified atom stereocenters. The van der Waals surface area contributed by atoms with Gasteiger partial charge in [-0.05, 0) is 65.4 Å². The molecule has 1 saturated heterocycles. The Kier molecular flexibility index (Phi) is 9.86. The largest absolute Gasteiger partial charge is 0.378 e. The van der Waals surface area contributed by atoms with Gasteiger partial charge in [0.25, 0.3) is 0 Å². The SMILES string of the molecule is CCCC(Cc1nc(-c2ccc(NC(=O)NCC)cc2)nc(N2CCOCC2)c1C)N(C)C(C)C. The maximum atomic E-state index is 11.9. The molecule has 1 atom stereocenters. The van der Waals surface area contributed by atoms with Crippen LogP contribution in [-0.4, -0.2) is 72.9 Å². The van der Waals surface area contributed by atoms with Crippen molar-refractivity contribution in [3.8, 4) is 11.4 Å². The summed E-state index contributed by atoms with van der Waals surface area (Å²) >= 11 is 0. The number of amides is 2. The number of nitrogens with one attached hydrogen (secondary N) is 2. The Morgan fingerprint density at radius 3 is 2.43 bits per heavy atom. The number of rotatable bonds is 10. The highest BCUT2D eigenvalue weighted by Crippen LogP contribution is 2.28. The van der Waals surface area contributed by atoms with Gasteiger partial charge in [-0.25, -0.2) is 14.8 Å². The van der Waals surface area contributed by atoms with Crippen molar-refractivity contribution >= 4 is 17.5 Å². The fraction of sp³-hybridized carbons (Fsp3) is 0.593. The van der Waals surface area contributed by atoms with E-state index in [-0.39, 0.29) is 6.03 Å². The fourth-order valence-corrected chi connectivity index (χ4v) is 4.43. The van der Waals surface area contributed by atoms with Gasteiger partial charge in [-0.15, -0.1) is 0 Å². The summed E-state index contributed by atoms with van der Waals surface area (Å²) in [5.74, 6) is 1.72. The first kappa shape index (κ1) is 26.9. The lowest BCUT2D eigenvalue weighted by Gasteiger charge is -2.33. The number of ether oxygens (including phenoxy) is 1. The topological polar surface area (TPSA) is 82.6 Å². The highest BCUT2D eigenvalue weighted by atomic mass is 16.5. The first-order valence-corrected chi connectivity index (χ1v) is 12.9. The summed E-state index contributed by atoms with van der Waals surface area (Å²) in [6.07, 6.45) is 3.15. The lowest BCUT2D eigenvalue weighted by atomic mass is 10.00. The molecular formula is C27H42N6O2. The van der Waals surface area contributed by atoms with Crippen molar-refractivity contribution in [2.75, 3.05) is 50.1 Å². The summed E-state index contributed by atoms with van der Waals surface area (Å²) in [5, 5.41) is 5.60. The minimum absolute atomic E-state index is 0.208. The summed E-state index contributed by atoms with van der Waals surface area (Å²) in [7, 11) is 2.21. The zero-order chi connectivity index (χ0) is 25.4. The van der Waals surface area contributed by atoms with Crippen LogP contribution in [0.1, 0.15) is 51.8 Å². The monoisotopic (exact) mass is 482 g/mol. The third kappa shape index (κ3) is 7.15. The lowest BCUT2D eigenvalue weighted by Crippen LogP contribution is -2.39. The molecule has 1 aromatic heterocycles. The van der Waals surface area contributed by atoms with Gasteiger partial charge in [-0.2, -0.15) is 0 Å². The second-order valence-corrected chi connectivity index (χ2v) is 9.51. The van der Waals surface area contributed by atoms with E-state index >= 15 is 0 Å². The Labute approximate surface area is 210 Å². The van der Waals surface area contributed by atoms with E-state index in [2.05, 4.69) is 55.2 Å². The zero-order valence-corrected chi connectivity index (χ0v) is 22.2. The minimum atomic E-state index is -0.208. The number of carbonyl (C=O) groups excluding carboxylic acids is 1. The van der Waals surface area contributed by atoms with Crippen LogP contribution in [0.25, 0.3) is 11.4 Å². The van der Waals surface area contributed by atoms with Gasteiger partial charge in [0.15, 0.2) is 5.82 Å².